The molecule has 0 unspecified atom stereocenters. The van der Waals surface area contributed by atoms with E-state index in [0.29, 0.717) is 31.9 Å². The van der Waals surface area contributed by atoms with Gasteiger partial charge in [-0.25, -0.2) is 4.98 Å². The van der Waals surface area contributed by atoms with Crippen molar-refractivity contribution in [1.82, 2.24) is 9.88 Å². The molecule has 0 radical (unpaired) electrons. The number of carbonyl (C=O) groups excluding carboxylic acids is 2. The highest BCUT2D eigenvalue weighted by atomic mass is 16.2. The van der Waals surface area contributed by atoms with Crippen molar-refractivity contribution in [1.29, 1.82) is 0 Å². The zero-order valence-corrected chi connectivity index (χ0v) is 13.6. The molecule has 3 rings (SSSR count). The summed E-state index contributed by atoms with van der Waals surface area (Å²) in [6.07, 6.45) is 1.75. The number of hydrogen-bond acceptors (Lipinski definition) is 4. The van der Waals surface area contributed by atoms with E-state index in [1.54, 1.807) is 23.2 Å². The number of pyridine rings is 1. The van der Waals surface area contributed by atoms with E-state index in [9.17, 15) is 9.59 Å². The first kappa shape index (κ1) is 16.0. The molecule has 1 aromatic carbocycles. The first-order valence-electron chi connectivity index (χ1n) is 7.96. The number of anilines is 2. The van der Waals surface area contributed by atoms with Crippen molar-refractivity contribution in [2.75, 3.05) is 36.4 Å². The van der Waals surface area contributed by atoms with Crippen LogP contribution in [-0.4, -0.2) is 47.9 Å². The van der Waals surface area contributed by atoms with Gasteiger partial charge >= 0.3 is 11.8 Å². The number of carbonyl (C=O) groups is 2. The summed E-state index contributed by atoms with van der Waals surface area (Å²) < 4.78 is 0. The Kier molecular flexibility index (Phi) is 4.74. The van der Waals surface area contributed by atoms with Crippen molar-refractivity contribution in [2.24, 2.45) is 0 Å². The van der Waals surface area contributed by atoms with Crippen molar-refractivity contribution in [3.05, 3.63) is 54.2 Å². The molecule has 2 aromatic rings. The molecule has 2 heterocycles. The minimum atomic E-state index is -0.592. The Labute approximate surface area is 141 Å². The molecular weight excluding hydrogens is 304 g/mol. The minimum Gasteiger partial charge on any atom is -0.353 e. The quantitative estimate of drug-likeness (QED) is 0.854. The number of benzene rings is 1. The fraction of sp³-hybridized carbons (Fsp3) is 0.278. The van der Waals surface area contributed by atoms with E-state index in [1.807, 2.05) is 37.3 Å². The molecule has 2 amide bonds. The number of aryl methyl sites for hydroxylation is 1. The van der Waals surface area contributed by atoms with Gasteiger partial charge in [-0.05, 0) is 31.2 Å². The Bertz CT molecular complexity index is 708. The van der Waals surface area contributed by atoms with Crippen LogP contribution >= 0.6 is 0 Å². The van der Waals surface area contributed by atoms with E-state index in [1.165, 1.54) is 0 Å². The molecule has 0 atom stereocenters. The second-order valence-electron chi connectivity index (χ2n) is 5.79. The van der Waals surface area contributed by atoms with Crippen LogP contribution in [0.2, 0.25) is 0 Å². The molecule has 124 valence electrons. The van der Waals surface area contributed by atoms with Crippen LogP contribution in [0.15, 0.2) is 48.7 Å². The summed E-state index contributed by atoms with van der Waals surface area (Å²) in [7, 11) is 0. The number of aromatic nitrogens is 1. The van der Waals surface area contributed by atoms with E-state index < -0.39 is 11.8 Å². The normalized spacial score (nSPS) is 14.4. The van der Waals surface area contributed by atoms with E-state index in [0.717, 1.165) is 11.4 Å². The zero-order chi connectivity index (χ0) is 16.9. The lowest BCUT2D eigenvalue weighted by Gasteiger charge is -2.34. The van der Waals surface area contributed by atoms with Crippen molar-refractivity contribution in [2.45, 2.75) is 6.92 Å². The second-order valence-corrected chi connectivity index (χ2v) is 5.79. The van der Waals surface area contributed by atoms with Gasteiger partial charge in [0.2, 0.25) is 0 Å². The van der Waals surface area contributed by atoms with E-state index in [4.69, 9.17) is 0 Å². The van der Waals surface area contributed by atoms with Crippen molar-refractivity contribution >= 4 is 23.3 Å². The first-order valence-corrected chi connectivity index (χ1v) is 7.96. The Morgan fingerprint density at radius 1 is 1.00 bits per heavy atom. The number of hydrogen-bond donors (Lipinski definition) is 1. The van der Waals surface area contributed by atoms with Gasteiger partial charge in [-0.2, -0.15) is 0 Å². The SMILES string of the molecule is Cc1ccc(NC(=O)C(=O)N2CCN(c3ccccn3)CC2)cc1. The Balaban J connectivity index is 1.54. The third-order valence-electron chi connectivity index (χ3n) is 4.04. The molecule has 6 heteroatoms. The number of nitrogens with zero attached hydrogens (tertiary/aromatic N) is 3. The van der Waals surface area contributed by atoms with Crippen molar-refractivity contribution in [3.8, 4) is 0 Å². The summed E-state index contributed by atoms with van der Waals surface area (Å²) in [5.74, 6) is -0.185. The molecule has 0 aliphatic carbocycles. The molecular formula is C18H20N4O2. The van der Waals surface area contributed by atoms with Gasteiger partial charge in [0.15, 0.2) is 0 Å². The van der Waals surface area contributed by atoms with E-state index in [-0.39, 0.29) is 0 Å². The van der Waals surface area contributed by atoms with Crippen LogP contribution in [0.4, 0.5) is 11.5 Å². The highest BCUT2D eigenvalue weighted by molar-refractivity contribution is 6.39. The molecule has 1 fully saturated rings. The molecule has 0 bridgehead atoms. The largest absolute Gasteiger partial charge is 0.353 e. The van der Waals surface area contributed by atoms with E-state index >= 15 is 0 Å². The smallest absolute Gasteiger partial charge is 0.313 e. The Hall–Kier alpha value is -2.89. The third-order valence-corrected chi connectivity index (χ3v) is 4.04. The average Bonchev–Trinajstić information content (AvgIpc) is 2.64. The monoisotopic (exact) mass is 324 g/mol. The van der Waals surface area contributed by atoms with Crippen molar-refractivity contribution in [3.63, 3.8) is 0 Å². The summed E-state index contributed by atoms with van der Waals surface area (Å²) in [5.41, 5.74) is 1.73. The highest BCUT2D eigenvalue weighted by Gasteiger charge is 2.26. The number of piperazine rings is 1. The van der Waals surface area contributed by atoms with Gasteiger partial charge in [-0.1, -0.05) is 23.8 Å². The predicted octanol–water partition coefficient (Wildman–Crippen LogP) is 1.68. The molecule has 6 nitrogen and oxygen atoms in total. The van der Waals surface area contributed by atoms with Gasteiger partial charge in [0.05, 0.1) is 0 Å². The second kappa shape index (κ2) is 7.12. The van der Waals surface area contributed by atoms with Crippen LogP contribution in [0, 0.1) is 6.92 Å². The molecule has 1 aliphatic rings. The topological polar surface area (TPSA) is 65.5 Å². The summed E-state index contributed by atoms with van der Waals surface area (Å²) in [6.45, 7) is 4.33. The van der Waals surface area contributed by atoms with Crippen LogP contribution in [0.25, 0.3) is 0 Å². The predicted molar refractivity (Wildman–Crippen MR) is 92.8 cm³/mol. The maximum absolute atomic E-state index is 12.3. The van der Waals surface area contributed by atoms with Crippen LogP contribution in [0.1, 0.15) is 5.56 Å². The molecule has 1 aromatic heterocycles. The Morgan fingerprint density at radius 3 is 2.33 bits per heavy atom. The fourth-order valence-corrected chi connectivity index (χ4v) is 2.64. The standard InChI is InChI=1S/C18H20N4O2/c1-14-5-7-15(8-6-14)20-17(23)18(24)22-12-10-21(11-13-22)16-4-2-3-9-19-16/h2-9H,10-13H2,1H3,(H,20,23). The summed E-state index contributed by atoms with van der Waals surface area (Å²) >= 11 is 0. The number of nitrogens with one attached hydrogen (secondary N) is 1. The van der Waals surface area contributed by atoms with Crippen LogP contribution in [-0.2, 0) is 9.59 Å². The van der Waals surface area contributed by atoms with Crippen LogP contribution in [0.3, 0.4) is 0 Å². The van der Waals surface area contributed by atoms with Gasteiger partial charge in [0, 0.05) is 38.1 Å². The van der Waals surface area contributed by atoms with E-state index in [2.05, 4.69) is 15.2 Å². The lowest BCUT2D eigenvalue weighted by Crippen LogP contribution is -2.51. The van der Waals surface area contributed by atoms with Gasteiger partial charge in [0.25, 0.3) is 0 Å². The number of rotatable bonds is 2. The lowest BCUT2D eigenvalue weighted by atomic mass is 10.2. The molecule has 1 aliphatic heterocycles. The molecule has 1 saturated heterocycles. The maximum Gasteiger partial charge on any atom is 0.313 e. The fourth-order valence-electron chi connectivity index (χ4n) is 2.64. The minimum absolute atomic E-state index is 0.490. The van der Waals surface area contributed by atoms with Crippen LogP contribution < -0.4 is 10.2 Å². The molecule has 24 heavy (non-hydrogen) atoms. The average molecular weight is 324 g/mol. The highest BCUT2D eigenvalue weighted by Crippen LogP contribution is 2.13. The summed E-state index contributed by atoms with van der Waals surface area (Å²) in [6, 6.07) is 13.1. The maximum atomic E-state index is 12.3. The summed E-state index contributed by atoms with van der Waals surface area (Å²) in [5, 5.41) is 2.65. The first-order chi connectivity index (χ1) is 11.6. The van der Waals surface area contributed by atoms with Crippen LogP contribution in [0.5, 0.6) is 0 Å². The molecule has 1 N–H and O–H groups in total. The number of amides is 2. The van der Waals surface area contributed by atoms with Gasteiger partial charge in [-0.3, -0.25) is 9.59 Å². The Morgan fingerprint density at radius 2 is 1.71 bits per heavy atom. The van der Waals surface area contributed by atoms with Gasteiger partial charge in [0.1, 0.15) is 5.82 Å². The molecule has 0 saturated carbocycles. The lowest BCUT2D eigenvalue weighted by molar-refractivity contribution is -0.143. The third kappa shape index (κ3) is 3.71. The summed E-state index contributed by atoms with van der Waals surface area (Å²) in [4.78, 5) is 32.4. The van der Waals surface area contributed by atoms with Gasteiger partial charge < -0.3 is 15.1 Å². The zero-order valence-electron chi connectivity index (χ0n) is 13.6. The molecule has 0 spiro atoms. The van der Waals surface area contributed by atoms with Gasteiger partial charge in [-0.15, -0.1) is 0 Å². The van der Waals surface area contributed by atoms with Crippen molar-refractivity contribution < 1.29 is 9.59 Å².